The number of carbonyl (C=O) groups is 1. The molecule has 0 aromatic heterocycles. The molecule has 1 amide bonds. The number of benzene rings is 1. The van der Waals surface area contributed by atoms with E-state index in [9.17, 15) is 9.18 Å². The summed E-state index contributed by atoms with van der Waals surface area (Å²) in [6.07, 6.45) is 3.86. The van der Waals surface area contributed by atoms with Gasteiger partial charge in [-0.1, -0.05) is 6.92 Å². The van der Waals surface area contributed by atoms with Gasteiger partial charge in [-0.15, -0.1) is 0 Å². The maximum Gasteiger partial charge on any atom is 0.254 e. The van der Waals surface area contributed by atoms with Gasteiger partial charge >= 0.3 is 0 Å². The minimum atomic E-state index is -0.691. The SMILES string of the molecule is CCNC1CCC(NC(=O)c2ccc(O)cc2F)CC1. The van der Waals surface area contributed by atoms with E-state index in [-0.39, 0.29) is 17.4 Å². The second-order valence-electron chi connectivity index (χ2n) is 5.24. The van der Waals surface area contributed by atoms with E-state index in [0.29, 0.717) is 6.04 Å². The molecule has 1 aromatic rings. The van der Waals surface area contributed by atoms with Crippen molar-refractivity contribution in [3.05, 3.63) is 29.6 Å². The van der Waals surface area contributed by atoms with Crippen LogP contribution >= 0.6 is 0 Å². The molecule has 1 aliphatic rings. The molecule has 0 bridgehead atoms. The van der Waals surface area contributed by atoms with Crippen LogP contribution < -0.4 is 10.6 Å². The average Bonchev–Trinajstić information content (AvgIpc) is 2.41. The Balaban J connectivity index is 1.89. The Hall–Kier alpha value is -1.62. The van der Waals surface area contributed by atoms with Crippen LogP contribution in [-0.2, 0) is 0 Å². The van der Waals surface area contributed by atoms with Crippen molar-refractivity contribution >= 4 is 5.91 Å². The molecular weight excluding hydrogens is 259 g/mol. The van der Waals surface area contributed by atoms with Gasteiger partial charge in [0.25, 0.3) is 5.91 Å². The van der Waals surface area contributed by atoms with Gasteiger partial charge in [0.2, 0.25) is 0 Å². The molecule has 20 heavy (non-hydrogen) atoms. The summed E-state index contributed by atoms with van der Waals surface area (Å²) in [6, 6.07) is 4.21. The lowest BCUT2D eigenvalue weighted by Crippen LogP contribution is -2.42. The molecule has 3 N–H and O–H groups in total. The number of phenols is 1. The number of rotatable bonds is 4. The highest BCUT2D eigenvalue weighted by atomic mass is 19.1. The predicted octanol–water partition coefficient (Wildman–Crippen LogP) is 2.18. The lowest BCUT2D eigenvalue weighted by Gasteiger charge is -2.29. The summed E-state index contributed by atoms with van der Waals surface area (Å²) in [6.45, 7) is 3.04. The van der Waals surface area contributed by atoms with Crippen molar-refractivity contribution in [3.8, 4) is 5.75 Å². The number of aromatic hydroxyl groups is 1. The van der Waals surface area contributed by atoms with Gasteiger partial charge in [-0.2, -0.15) is 0 Å². The Morgan fingerprint density at radius 1 is 1.30 bits per heavy atom. The molecule has 0 atom stereocenters. The minimum absolute atomic E-state index is 0.0170. The first-order valence-electron chi connectivity index (χ1n) is 7.13. The zero-order valence-electron chi connectivity index (χ0n) is 11.7. The van der Waals surface area contributed by atoms with Gasteiger partial charge in [0.05, 0.1) is 5.56 Å². The van der Waals surface area contributed by atoms with Gasteiger partial charge < -0.3 is 15.7 Å². The van der Waals surface area contributed by atoms with E-state index in [0.717, 1.165) is 38.3 Å². The number of carbonyl (C=O) groups excluding carboxylic acids is 1. The zero-order valence-corrected chi connectivity index (χ0v) is 11.7. The lowest BCUT2D eigenvalue weighted by molar-refractivity contribution is 0.0920. The van der Waals surface area contributed by atoms with Crippen LogP contribution in [0.1, 0.15) is 43.0 Å². The quantitative estimate of drug-likeness (QED) is 0.792. The van der Waals surface area contributed by atoms with E-state index in [2.05, 4.69) is 17.6 Å². The number of phenolic OH excluding ortho intramolecular Hbond substituents is 1. The van der Waals surface area contributed by atoms with E-state index in [1.165, 1.54) is 12.1 Å². The van der Waals surface area contributed by atoms with Crippen molar-refractivity contribution in [2.45, 2.75) is 44.7 Å². The summed E-state index contributed by atoms with van der Waals surface area (Å²) in [5.41, 5.74) is -0.0170. The Bertz CT molecular complexity index is 471. The molecule has 1 saturated carbocycles. The minimum Gasteiger partial charge on any atom is -0.508 e. The molecule has 0 saturated heterocycles. The number of halogens is 1. The maximum atomic E-state index is 13.6. The highest BCUT2D eigenvalue weighted by Gasteiger charge is 2.23. The van der Waals surface area contributed by atoms with E-state index < -0.39 is 11.7 Å². The molecule has 1 aromatic carbocycles. The Morgan fingerprint density at radius 3 is 2.55 bits per heavy atom. The number of hydrogen-bond donors (Lipinski definition) is 3. The molecule has 0 unspecified atom stereocenters. The van der Waals surface area contributed by atoms with Crippen molar-refractivity contribution in [2.24, 2.45) is 0 Å². The Labute approximate surface area is 118 Å². The van der Waals surface area contributed by atoms with Gasteiger partial charge in [0, 0.05) is 18.2 Å². The van der Waals surface area contributed by atoms with Crippen LogP contribution in [0.2, 0.25) is 0 Å². The van der Waals surface area contributed by atoms with Crippen LogP contribution in [0.25, 0.3) is 0 Å². The highest BCUT2D eigenvalue weighted by Crippen LogP contribution is 2.20. The van der Waals surface area contributed by atoms with Gasteiger partial charge in [0.1, 0.15) is 11.6 Å². The van der Waals surface area contributed by atoms with Crippen LogP contribution in [0, 0.1) is 5.82 Å². The summed E-state index contributed by atoms with van der Waals surface area (Å²) in [5.74, 6) is -1.27. The van der Waals surface area contributed by atoms with Crippen molar-refractivity contribution < 1.29 is 14.3 Å². The van der Waals surface area contributed by atoms with E-state index in [4.69, 9.17) is 5.11 Å². The van der Waals surface area contributed by atoms with Gasteiger partial charge in [-0.3, -0.25) is 4.79 Å². The van der Waals surface area contributed by atoms with Crippen LogP contribution in [-0.4, -0.2) is 29.6 Å². The van der Waals surface area contributed by atoms with E-state index >= 15 is 0 Å². The van der Waals surface area contributed by atoms with Gasteiger partial charge in [0.15, 0.2) is 0 Å². The number of hydrogen-bond acceptors (Lipinski definition) is 3. The Morgan fingerprint density at radius 2 is 1.95 bits per heavy atom. The summed E-state index contributed by atoms with van der Waals surface area (Å²) < 4.78 is 13.6. The molecule has 2 rings (SSSR count). The van der Waals surface area contributed by atoms with Crippen molar-refractivity contribution in [3.63, 3.8) is 0 Å². The smallest absolute Gasteiger partial charge is 0.254 e. The highest BCUT2D eigenvalue weighted by molar-refractivity contribution is 5.94. The fraction of sp³-hybridized carbons (Fsp3) is 0.533. The molecule has 4 nitrogen and oxygen atoms in total. The zero-order chi connectivity index (χ0) is 14.5. The fourth-order valence-corrected chi connectivity index (χ4v) is 2.68. The van der Waals surface area contributed by atoms with Crippen LogP contribution in [0.4, 0.5) is 4.39 Å². The predicted molar refractivity (Wildman–Crippen MR) is 75.3 cm³/mol. The Kier molecular flexibility index (Phi) is 4.95. The molecule has 0 heterocycles. The van der Waals surface area contributed by atoms with Crippen molar-refractivity contribution in [2.75, 3.05) is 6.54 Å². The molecule has 0 aliphatic heterocycles. The lowest BCUT2D eigenvalue weighted by atomic mass is 9.91. The topological polar surface area (TPSA) is 61.4 Å². The summed E-state index contributed by atoms with van der Waals surface area (Å²) in [4.78, 5) is 12.0. The third-order valence-electron chi connectivity index (χ3n) is 3.75. The van der Waals surface area contributed by atoms with Crippen LogP contribution in [0.3, 0.4) is 0 Å². The third-order valence-corrected chi connectivity index (χ3v) is 3.75. The average molecular weight is 280 g/mol. The largest absolute Gasteiger partial charge is 0.508 e. The molecule has 1 aliphatic carbocycles. The molecule has 1 fully saturated rings. The number of nitrogens with one attached hydrogen (secondary N) is 2. The normalized spacial score (nSPS) is 22.5. The second kappa shape index (κ2) is 6.70. The monoisotopic (exact) mass is 280 g/mol. The third kappa shape index (κ3) is 3.70. The number of amides is 1. The second-order valence-corrected chi connectivity index (χ2v) is 5.24. The molecule has 0 spiro atoms. The first-order valence-corrected chi connectivity index (χ1v) is 7.13. The summed E-state index contributed by atoms with van der Waals surface area (Å²) in [5, 5.41) is 15.4. The van der Waals surface area contributed by atoms with E-state index in [1.54, 1.807) is 0 Å². The van der Waals surface area contributed by atoms with E-state index in [1.807, 2.05) is 0 Å². The summed E-state index contributed by atoms with van der Waals surface area (Å²) >= 11 is 0. The standard InChI is InChI=1S/C15H21FN2O2/c1-2-17-10-3-5-11(6-4-10)18-15(20)13-8-7-12(19)9-14(13)16/h7-11,17,19H,2-6H2,1H3,(H,18,20). The van der Waals surface area contributed by atoms with Crippen molar-refractivity contribution in [1.29, 1.82) is 0 Å². The molecule has 0 radical (unpaired) electrons. The molecule has 110 valence electrons. The molecule has 5 heteroatoms. The summed E-state index contributed by atoms with van der Waals surface area (Å²) in [7, 11) is 0. The van der Waals surface area contributed by atoms with Crippen LogP contribution in [0.15, 0.2) is 18.2 Å². The van der Waals surface area contributed by atoms with Crippen LogP contribution in [0.5, 0.6) is 5.75 Å². The first-order chi connectivity index (χ1) is 9.60. The first kappa shape index (κ1) is 14.8. The maximum absolute atomic E-state index is 13.6. The fourth-order valence-electron chi connectivity index (χ4n) is 2.68. The molecular formula is C15H21FN2O2. The van der Waals surface area contributed by atoms with Gasteiger partial charge in [-0.05, 0) is 44.4 Å². The van der Waals surface area contributed by atoms with Gasteiger partial charge in [-0.25, -0.2) is 4.39 Å². The van der Waals surface area contributed by atoms with Crippen molar-refractivity contribution in [1.82, 2.24) is 10.6 Å².